The van der Waals surface area contributed by atoms with E-state index in [9.17, 15) is 14.0 Å². The lowest BCUT2D eigenvalue weighted by Crippen LogP contribution is -2.39. The topological polar surface area (TPSA) is 73.4 Å². The van der Waals surface area contributed by atoms with Crippen LogP contribution in [0.2, 0.25) is 0 Å². The zero-order valence-corrected chi connectivity index (χ0v) is 10.6. The molecule has 0 radical (unpaired) electrons. The molecule has 1 aliphatic heterocycles. The van der Waals surface area contributed by atoms with Gasteiger partial charge in [0, 0.05) is 29.2 Å². The van der Waals surface area contributed by atoms with Crippen LogP contribution in [-0.2, 0) is 0 Å². The van der Waals surface area contributed by atoms with E-state index in [1.165, 1.54) is 18.3 Å². The Labute approximate surface area is 114 Å². The quantitative estimate of drug-likeness (QED) is 0.828. The number of fused-ring (bicyclic) bond motifs is 1. The molecule has 1 aromatic heterocycles. The first kappa shape index (κ1) is 12.7. The van der Waals surface area contributed by atoms with E-state index in [0.717, 1.165) is 4.90 Å². The highest BCUT2D eigenvalue weighted by atomic mass is 19.1. The first-order chi connectivity index (χ1) is 9.58. The number of carboxylic acid groups (broad SMARTS) is 1. The van der Waals surface area contributed by atoms with E-state index in [1.54, 1.807) is 6.07 Å². The molecule has 104 valence electrons. The molecular formula is C14H13FN2O3. The molecule has 1 amide bonds. The van der Waals surface area contributed by atoms with Crippen molar-refractivity contribution < 1.29 is 19.1 Å². The monoisotopic (exact) mass is 276 g/mol. The average Bonchev–Trinajstić information content (AvgIpc) is 3.04. The van der Waals surface area contributed by atoms with Gasteiger partial charge in [0.1, 0.15) is 5.82 Å². The van der Waals surface area contributed by atoms with Gasteiger partial charge in [0.15, 0.2) is 5.78 Å². The van der Waals surface area contributed by atoms with Crippen LogP contribution >= 0.6 is 0 Å². The summed E-state index contributed by atoms with van der Waals surface area (Å²) < 4.78 is 13.3. The molecule has 1 aliphatic rings. The summed E-state index contributed by atoms with van der Waals surface area (Å²) in [6.45, 7) is 0.364. The summed E-state index contributed by atoms with van der Waals surface area (Å²) in [5.74, 6) is -0.700. The van der Waals surface area contributed by atoms with Crippen LogP contribution in [0.5, 0.6) is 0 Å². The average molecular weight is 276 g/mol. The van der Waals surface area contributed by atoms with E-state index >= 15 is 0 Å². The molecule has 20 heavy (non-hydrogen) atoms. The van der Waals surface area contributed by atoms with Crippen molar-refractivity contribution >= 4 is 22.8 Å². The fourth-order valence-corrected chi connectivity index (χ4v) is 2.74. The van der Waals surface area contributed by atoms with Gasteiger partial charge >= 0.3 is 6.09 Å². The van der Waals surface area contributed by atoms with Crippen LogP contribution in [0.15, 0.2) is 24.4 Å². The molecule has 2 heterocycles. The summed E-state index contributed by atoms with van der Waals surface area (Å²) in [6, 6.07) is 3.49. The number of carbonyl (C=O) groups is 2. The number of amides is 1. The van der Waals surface area contributed by atoms with Crippen molar-refractivity contribution in [3.8, 4) is 0 Å². The van der Waals surface area contributed by atoms with Gasteiger partial charge in [-0.3, -0.25) is 9.69 Å². The Balaban J connectivity index is 2.00. The Morgan fingerprint density at radius 1 is 1.40 bits per heavy atom. The lowest BCUT2D eigenvalue weighted by atomic mass is 10.0. The number of halogens is 1. The predicted molar refractivity (Wildman–Crippen MR) is 70.3 cm³/mol. The van der Waals surface area contributed by atoms with E-state index in [0.29, 0.717) is 35.9 Å². The molecule has 1 fully saturated rings. The van der Waals surface area contributed by atoms with Crippen molar-refractivity contribution in [1.29, 1.82) is 0 Å². The summed E-state index contributed by atoms with van der Waals surface area (Å²) >= 11 is 0. The Morgan fingerprint density at radius 3 is 2.95 bits per heavy atom. The number of ketones is 1. The molecular weight excluding hydrogens is 263 g/mol. The van der Waals surface area contributed by atoms with E-state index in [2.05, 4.69) is 4.98 Å². The molecule has 1 atom stereocenters. The minimum Gasteiger partial charge on any atom is -0.465 e. The van der Waals surface area contributed by atoms with Gasteiger partial charge in [-0.25, -0.2) is 9.18 Å². The van der Waals surface area contributed by atoms with Gasteiger partial charge in [0.05, 0.1) is 6.04 Å². The molecule has 1 saturated heterocycles. The summed E-state index contributed by atoms with van der Waals surface area (Å²) in [5, 5.41) is 9.59. The van der Waals surface area contributed by atoms with Crippen LogP contribution in [0.4, 0.5) is 9.18 Å². The second-order valence-electron chi connectivity index (χ2n) is 4.89. The van der Waals surface area contributed by atoms with E-state index in [1.807, 2.05) is 0 Å². The number of hydrogen-bond donors (Lipinski definition) is 2. The zero-order valence-electron chi connectivity index (χ0n) is 10.6. The molecule has 0 spiro atoms. The number of likely N-dealkylation sites (tertiary alicyclic amines) is 1. The predicted octanol–water partition coefficient (Wildman–Crippen LogP) is 2.63. The van der Waals surface area contributed by atoms with Crippen LogP contribution < -0.4 is 0 Å². The first-order valence-electron chi connectivity index (χ1n) is 6.38. The second-order valence-corrected chi connectivity index (χ2v) is 4.89. The molecule has 0 saturated carbocycles. The lowest BCUT2D eigenvalue weighted by molar-refractivity contribution is 0.0846. The molecule has 1 aromatic carbocycles. The normalized spacial score (nSPS) is 18.6. The SMILES string of the molecule is O=C(c1c[nH]c2ccc(F)cc12)[C@@H]1CCCN1C(=O)O. The van der Waals surface area contributed by atoms with Crippen LogP contribution in [0.25, 0.3) is 10.9 Å². The van der Waals surface area contributed by atoms with Gasteiger partial charge in [-0.2, -0.15) is 0 Å². The zero-order chi connectivity index (χ0) is 14.3. The summed E-state index contributed by atoms with van der Waals surface area (Å²) in [4.78, 5) is 27.7. The summed E-state index contributed by atoms with van der Waals surface area (Å²) in [6.07, 6.45) is 1.60. The second kappa shape index (κ2) is 4.63. The minimum absolute atomic E-state index is 0.276. The molecule has 0 bridgehead atoms. The van der Waals surface area contributed by atoms with Crippen LogP contribution in [0.3, 0.4) is 0 Å². The highest BCUT2D eigenvalue weighted by molar-refractivity contribution is 6.11. The van der Waals surface area contributed by atoms with Gasteiger partial charge in [-0.1, -0.05) is 0 Å². The van der Waals surface area contributed by atoms with Gasteiger partial charge < -0.3 is 10.1 Å². The lowest BCUT2D eigenvalue weighted by Gasteiger charge is -2.19. The summed E-state index contributed by atoms with van der Waals surface area (Å²) in [7, 11) is 0. The molecule has 3 rings (SSSR count). The maximum atomic E-state index is 13.3. The van der Waals surface area contributed by atoms with Gasteiger partial charge in [-0.15, -0.1) is 0 Å². The number of H-pyrrole nitrogens is 1. The van der Waals surface area contributed by atoms with Crippen molar-refractivity contribution in [2.75, 3.05) is 6.54 Å². The third kappa shape index (κ3) is 1.93. The van der Waals surface area contributed by atoms with Crippen LogP contribution in [-0.4, -0.2) is 39.5 Å². The van der Waals surface area contributed by atoms with E-state index in [4.69, 9.17) is 5.11 Å². The Morgan fingerprint density at radius 2 is 2.20 bits per heavy atom. The molecule has 0 unspecified atom stereocenters. The molecule has 0 aliphatic carbocycles. The smallest absolute Gasteiger partial charge is 0.407 e. The number of rotatable bonds is 2. The molecule has 2 N–H and O–H groups in total. The number of aromatic amines is 1. The fourth-order valence-electron chi connectivity index (χ4n) is 2.74. The third-order valence-corrected chi connectivity index (χ3v) is 3.71. The highest BCUT2D eigenvalue weighted by Gasteiger charge is 2.35. The van der Waals surface area contributed by atoms with Crippen molar-refractivity contribution in [2.45, 2.75) is 18.9 Å². The van der Waals surface area contributed by atoms with E-state index < -0.39 is 18.0 Å². The van der Waals surface area contributed by atoms with Gasteiger partial charge in [0.2, 0.25) is 0 Å². The molecule has 6 heteroatoms. The minimum atomic E-state index is -1.09. The standard InChI is InChI=1S/C14H13FN2O3/c15-8-3-4-11-9(6-8)10(7-16-11)13(18)12-2-1-5-17(12)14(19)20/h3-4,6-7,12,16H,1-2,5H2,(H,19,20)/t12-/m0/s1. The van der Waals surface area contributed by atoms with Gasteiger partial charge in [-0.05, 0) is 31.0 Å². The number of nitrogens with zero attached hydrogens (tertiary/aromatic N) is 1. The molecule has 5 nitrogen and oxygen atoms in total. The number of aromatic nitrogens is 1. The summed E-state index contributed by atoms with van der Waals surface area (Å²) in [5.41, 5.74) is 1.01. The number of Topliss-reactive ketones (excluding diaryl/α,β-unsaturated/α-hetero) is 1. The fraction of sp³-hybridized carbons (Fsp3) is 0.286. The van der Waals surface area contributed by atoms with E-state index in [-0.39, 0.29) is 5.78 Å². The third-order valence-electron chi connectivity index (χ3n) is 3.71. The number of nitrogens with one attached hydrogen (secondary N) is 1. The van der Waals surface area contributed by atoms with Crippen LogP contribution in [0.1, 0.15) is 23.2 Å². The highest BCUT2D eigenvalue weighted by Crippen LogP contribution is 2.26. The Bertz CT molecular complexity index is 695. The molecule has 2 aromatic rings. The Hall–Kier alpha value is -2.37. The van der Waals surface area contributed by atoms with Crippen molar-refractivity contribution in [3.63, 3.8) is 0 Å². The first-order valence-corrected chi connectivity index (χ1v) is 6.38. The van der Waals surface area contributed by atoms with Crippen molar-refractivity contribution in [3.05, 3.63) is 35.8 Å². The van der Waals surface area contributed by atoms with Crippen molar-refractivity contribution in [2.24, 2.45) is 0 Å². The van der Waals surface area contributed by atoms with Gasteiger partial charge in [0.25, 0.3) is 0 Å². The van der Waals surface area contributed by atoms with Crippen molar-refractivity contribution in [1.82, 2.24) is 9.88 Å². The Kier molecular flexibility index (Phi) is 2.93. The number of benzene rings is 1. The largest absolute Gasteiger partial charge is 0.465 e. The number of carbonyl (C=O) groups excluding carboxylic acids is 1. The van der Waals surface area contributed by atoms with Crippen LogP contribution in [0, 0.1) is 5.82 Å². The maximum absolute atomic E-state index is 13.3. The number of hydrogen-bond acceptors (Lipinski definition) is 2. The maximum Gasteiger partial charge on any atom is 0.407 e.